The van der Waals surface area contributed by atoms with Crippen LogP contribution in [0, 0.1) is 0 Å². The molecule has 2 aromatic rings. The average molecular weight is 349 g/mol. The van der Waals surface area contributed by atoms with E-state index in [0.29, 0.717) is 12.0 Å². The van der Waals surface area contributed by atoms with Crippen LogP contribution >= 0.6 is 0 Å². The van der Waals surface area contributed by atoms with E-state index in [4.69, 9.17) is 0 Å². The second-order valence-corrected chi connectivity index (χ2v) is 6.44. The molecule has 23 heavy (non-hydrogen) atoms. The van der Waals surface area contributed by atoms with E-state index < -0.39 is 34.0 Å². The number of nitrogens with zero attached hydrogens (tertiary/aromatic N) is 2. The zero-order chi connectivity index (χ0) is 17.3. The van der Waals surface area contributed by atoms with Gasteiger partial charge in [0.2, 0.25) is 15.9 Å². The van der Waals surface area contributed by atoms with Gasteiger partial charge in [-0.1, -0.05) is 30.3 Å². The molecule has 126 valence electrons. The van der Waals surface area contributed by atoms with E-state index >= 15 is 0 Å². The fourth-order valence-electron chi connectivity index (χ4n) is 1.93. The molecular formula is C13H14F3N3O3S. The molecular weight excluding hydrogens is 335 g/mol. The Morgan fingerprint density at radius 2 is 1.96 bits per heavy atom. The van der Waals surface area contributed by atoms with Gasteiger partial charge in [-0.3, -0.25) is 0 Å². The van der Waals surface area contributed by atoms with Crippen LogP contribution in [0.3, 0.4) is 0 Å². The Kier molecular flexibility index (Phi) is 4.76. The Hall–Kier alpha value is -1.94. The maximum atomic E-state index is 12.4. The fourth-order valence-corrected chi connectivity index (χ4v) is 3.44. The highest BCUT2D eigenvalue weighted by Crippen LogP contribution is 2.27. The average Bonchev–Trinajstić information content (AvgIpc) is 2.97. The molecule has 0 aliphatic carbocycles. The lowest BCUT2D eigenvalue weighted by Gasteiger charge is -2.13. The Morgan fingerprint density at radius 1 is 1.30 bits per heavy atom. The molecule has 0 saturated carbocycles. The standard InChI is InChI=1S/C13H14F3N3O3S/c1-3-9-6-4-5-7-10(9)23(20,21)19-8(2)11-17-12(18-22-11)13(14,15)16/h4-8,19H,3H2,1-2H3/t8-/m0/s1. The van der Waals surface area contributed by atoms with Gasteiger partial charge in [0.1, 0.15) is 0 Å². The number of halogens is 3. The van der Waals surface area contributed by atoms with Crippen molar-refractivity contribution in [1.82, 2.24) is 14.9 Å². The van der Waals surface area contributed by atoms with Crippen LogP contribution < -0.4 is 4.72 Å². The third kappa shape index (κ3) is 3.88. The van der Waals surface area contributed by atoms with E-state index in [1.165, 1.54) is 13.0 Å². The monoisotopic (exact) mass is 349 g/mol. The Labute approximate surface area is 130 Å². The van der Waals surface area contributed by atoms with Gasteiger partial charge in [0.05, 0.1) is 10.9 Å². The number of aromatic nitrogens is 2. The molecule has 0 unspecified atom stereocenters. The molecule has 0 radical (unpaired) electrons. The molecule has 0 fully saturated rings. The summed E-state index contributed by atoms with van der Waals surface area (Å²) in [6, 6.07) is 5.24. The summed E-state index contributed by atoms with van der Waals surface area (Å²) in [5.74, 6) is -1.91. The summed E-state index contributed by atoms with van der Waals surface area (Å²) in [7, 11) is -3.94. The summed E-state index contributed by atoms with van der Waals surface area (Å²) in [5.41, 5.74) is 0.591. The molecule has 1 atom stereocenters. The zero-order valence-corrected chi connectivity index (χ0v) is 13.1. The molecule has 1 heterocycles. The molecule has 0 amide bonds. The van der Waals surface area contributed by atoms with Crippen LogP contribution in [0.4, 0.5) is 13.2 Å². The molecule has 0 saturated heterocycles. The second kappa shape index (κ2) is 6.28. The first-order chi connectivity index (χ1) is 10.6. The highest BCUT2D eigenvalue weighted by Gasteiger charge is 2.38. The van der Waals surface area contributed by atoms with Gasteiger partial charge >= 0.3 is 6.18 Å². The van der Waals surface area contributed by atoms with Crippen molar-refractivity contribution in [3.8, 4) is 0 Å². The van der Waals surface area contributed by atoms with E-state index in [9.17, 15) is 21.6 Å². The van der Waals surface area contributed by atoms with Crippen LogP contribution in [-0.4, -0.2) is 18.6 Å². The molecule has 0 aliphatic heterocycles. The first kappa shape index (κ1) is 17.4. The third-order valence-corrected chi connectivity index (χ3v) is 4.68. The van der Waals surface area contributed by atoms with Gasteiger partial charge < -0.3 is 4.52 Å². The van der Waals surface area contributed by atoms with Crippen LogP contribution in [0.2, 0.25) is 0 Å². The van der Waals surface area contributed by atoms with E-state index in [2.05, 4.69) is 19.4 Å². The Morgan fingerprint density at radius 3 is 2.52 bits per heavy atom. The quantitative estimate of drug-likeness (QED) is 0.897. The molecule has 10 heteroatoms. The van der Waals surface area contributed by atoms with Crippen molar-refractivity contribution in [2.45, 2.75) is 37.4 Å². The van der Waals surface area contributed by atoms with Crippen LogP contribution in [-0.2, 0) is 22.6 Å². The number of rotatable bonds is 5. The lowest BCUT2D eigenvalue weighted by molar-refractivity contribution is -0.146. The maximum Gasteiger partial charge on any atom is 0.455 e. The van der Waals surface area contributed by atoms with Gasteiger partial charge in [-0.05, 0) is 25.0 Å². The zero-order valence-electron chi connectivity index (χ0n) is 12.3. The number of hydrogen-bond donors (Lipinski definition) is 1. The smallest absolute Gasteiger partial charge is 0.337 e. The van der Waals surface area contributed by atoms with E-state index in [1.54, 1.807) is 25.1 Å². The van der Waals surface area contributed by atoms with Crippen LogP contribution in [0.25, 0.3) is 0 Å². The van der Waals surface area contributed by atoms with E-state index in [-0.39, 0.29) is 4.90 Å². The minimum Gasteiger partial charge on any atom is -0.337 e. The molecule has 0 spiro atoms. The molecule has 6 nitrogen and oxygen atoms in total. The first-order valence-electron chi connectivity index (χ1n) is 6.66. The first-order valence-corrected chi connectivity index (χ1v) is 8.14. The van der Waals surface area contributed by atoms with Crippen LogP contribution in [0.1, 0.15) is 37.2 Å². The molecule has 1 aromatic carbocycles. The summed E-state index contributed by atoms with van der Waals surface area (Å²) >= 11 is 0. The second-order valence-electron chi connectivity index (χ2n) is 4.76. The van der Waals surface area contributed by atoms with Crippen molar-refractivity contribution in [2.24, 2.45) is 0 Å². The summed E-state index contributed by atoms with van der Waals surface area (Å²) in [4.78, 5) is 3.23. The summed E-state index contributed by atoms with van der Waals surface area (Å²) < 4.78 is 68.8. The third-order valence-electron chi connectivity index (χ3n) is 3.04. The SMILES string of the molecule is CCc1ccccc1S(=O)(=O)N[C@@H](C)c1nc(C(F)(F)F)no1. The van der Waals surface area contributed by atoms with Gasteiger partial charge in [-0.2, -0.15) is 22.9 Å². The van der Waals surface area contributed by atoms with Crippen LogP contribution in [0.15, 0.2) is 33.7 Å². The molecule has 0 bridgehead atoms. The minimum absolute atomic E-state index is 0.0601. The predicted molar refractivity (Wildman–Crippen MR) is 73.9 cm³/mol. The van der Waals surface area contributed by atoms with Crippen molar-refractivity contribution in [2.75, 3.05) is 0 Å². The van der Waals surface area contributed by atoms with Crippen molar-refractivity contribution >= 4 is 10.0 Å². The van der Waals surface area contributed by atoms with Gasteiger partial charge in [0.25, 0.3) is 5.82 Å². The number of alkyl halides is 3. The van der Waals surface area contributed by atoms with Crippen molar-refractivity contribution in [3.05, 3.63) is 41.5 Å². The summed E-state index contributed by atoms with van der Waals surface area (Å²) in [5, 5.41) is 2.80. The molecule has 2 rings (SSSR count). The number of nitrogens with one attached hydrogen (secondary N) is 1. The lowest BCUT2D eigenvalue weighted by atomic mass is 10.2. The predicted octanol–water partition coefficient (Wildman–Crippen LogP) is 2.69. The van der Waals surface area contributed by atoms with Gasteiger partial charge in [-0.15, -0.1) is 0 Å². The molecule has 1 N–H and O–H groups in total. The number of benzene rings is 1. The van der Waals surface area contributed by atoms with Crippen LogP contribution in [0.5, 0.6) is 0 Å². The van der Waals surface area contributed by atoms with Crippen molar-refractivity contribution in [1.29, 1.82) is 0 Å². The highest BCUT2D eigenvalue weighted by atomic mass is 32.2. The Balaban J connectivity index is 2.25. The number of sulfonamides is 1. The van der Waals surface area contributed by atoms with E-state index in [1.807, 2.05) is 0 Å². The number of aryl methyl sites for hydroxylation is 1. The van der Waals surface area contributed by atoms with Gasteiger partial charge in [0, 0.05) is 0 Å². The number of hydrogen-bond acceptors (Lipinski definition) is 5. The fraction of sp³-hybridized carbons (Fsp3) is 0.385. The lowest BCUT2D eigenvalue weighted by Crippen LogP contribution is -2.28. The van der Waals surface area contributed by atoms with Gasteiger partial charge in [0.15, 0.2) is 0 Å². The molecule has 0 aliphatic rings. The normalized spacial score (nSPS) is 14.0. The summed E-state index contributed by atoms with van der Waals surface area (Å²) in [6.07, 6.45) is -4.26. The maximum absolute atomic E-state index is 12.4. The highest BCUT2D eigenvalue weighted by molar-refractivity contribution is 7.89. The van der Waals surface area contributed by atoms with Crippen molar-refractivity contribution < 1.29 is 26.1 Å². The van der Waals surface area contributed by atoms with E-state index in [0.717, 1.165) is 0 Å². The molecule has 1 aromatic heterocycles. The Bertz CT molecular complexity index is 787. The largest absolute Gasteiger partial charge is 0.455 e. The van der Waals surface area contributed by atoms with Crippen molar-refractivity contribution in [3.63, 3.8) is 0 Å². The van der Waals surface area contributed by atoms with Gasteiger partial charge in [-0.25, -0.2) is 8.42 Å². The minimum atomic E-state index is -4.75. The summed E-state index contributed by atoms with van der Waals surface area (Å²) in [6.45, 7) is 3.12. The topological polar surface area (TPSA) is 85.1 Å².